The minimum atomic E-state index is 0.0383. The Hall–Kier alpha value is -2.24. The lowest BCUT2D eigenvalue weighted by Crippen LogP contribution is -2.48. The Morgan fingerprint density at radius 1 is 1.04 bits per heavy atom. The monoisotopic (exact) mass is 358 g/mol. The zero-order valence-electron chi connectivity index (χ0n) is 15.3. The minimum absolute atomic E-state index is 0.0383. The molecule has 0 spiro atoms. The number of amides is 2. The Kier molecular flexibility index (Phi) is 4.51. The van der Waals surface area contributed by atoms with Gasteiger partial charge in [0.25, 0.3) is 0 Å². The summed E-state index contributed by atoms with van der Waals surface area (Å²) in [5.41, 5.74) is 1.25. The number of carbonyl (C=O) groups excluding carboxylic acids is 2. The van der Waals surface area contributed by atoms with Gasteiger partial charge in [0, 0.05) is 39.0 Å². The van der Waals surface area contributed by atoms with Crippen LogP contribution in [0.3, 0.4) is 0 Å². The Labute approximate surface area is 154 Å². The highest BCUT2D eigenvalue weighted by Crippen LogP contribution is 2.37. The summed E-state index contributed by atoms with van der Waals surface area (Å²) in [7, 11) is 0. The van der Waals surface area contributed by atoms with Crippen LogP contribution in [0.4, 0.5) is 0 Å². The maximum atomic E-state index is 12.4. The second-order valence-electron chi connectivity index (χ2n) is 7.97. The lowest BCUT2D eigenvalue weighted by Gasteiger charge is -2.41. The first-order valence-corrected chi connectivity index (χ1v) is 9.47. The van der Waals surface area contributed by atoms with Crippen molar-refractivity contribution in [3.05, 3.63) is 23.8 Å². The van der Waals surface area contributed by atoms with Gasteiger partial charge in [-0.3, -0.25) is 9.59 Å². The van der Waals surface area contributed by atoms with Crippen molar-refractivity contribution in [3.63, 3.8) is 0 Å². The van der Waals surface area contributed by atoms with E-state index in [-0.39, 0.29) is 24.0 Å². The van der Waals surface area contributed by atoms with Crippen molar-refractivity contribution in [1.29, 1.82) is 0 Å². The maximum absolute atomic E-state index is 12.4. The summed E-state index contributed by atoms with van der Waals surface area (Å²) >= 11 is 0. The Morgan fingerprint density at radius 3 is 2.62 bits per heavy atom. The van der Waals surface area contributed by atoms with Gasteiger partial charge in [-0.1, -0.05) is 13.0 Å². The SMILES string of the molecule is C[C@]1(Cc2ccc3c(c2)OCO3)CCC(=O)N(CCN2CCCC2=O)C1. The average molecular weight is 358 g/mol. The molecule has 3 aliphatic heterocycles. The molecule has 6 heteroatoms. The van der Waals surface area contributed by atoms with Gasteiger partial charge in [0.1, 0.15) is 0 Å². The van der Waals surface area contributed by atoms with Crippen LogP contribution in [0, 0.1) is 5.41 Å². The van der Waals surface area contributed by atoms with E-state index in [9.17, 15) is 9.59 Å². The predicted molar refractivity (Wildman–Crippen MR) is 96.0 cm³/mol. The van der Waals surface area contributed by atoms with Gasteiger partial charge in [-0.05, 0) is 42.4 Å². The van der Waals surface area contributed by atoms with E-state index in [4.69, 9.17) is 9.47 Å². The number of hydrogen-bond donors (Lipinski definition) is 0. The molecule has 1 aromatic carbocycles. The van der Waals surface area contributed by atoms with Gasteiger partial charge in [-0.25, -0.2) is 0 Å². The third-order valence-electron chi connectivity index (χ3n) is 5.75. The number of rotatable bonds is 5. The van der Waals surface area contributed by atoms with Crippen LogP contribution in [0.2, 0.25) is 0 Å². The second-order valence-corrected chi connectivity index (χ2v) is 7.97. The molecule has 140 valence electrons. The fourth-order valence-corrected chi connectivity index (χ4v) is 4.27. The Morgan fingerprint density at radius 2 is 1.81 bits per heavy atom. The number of likely N-dealkylation sites (tertiary alicyclic amines) is 2. The molecule has 4 rings (SSSR count). The molecule has 2 fully saturated rings. The van der Waals surface area contributed by atoms with E-state index < -0.39 is 0 Å². The summed E-state index contributed by atoms with van der Waals surface area (Å²) in [5, 5.41) is 0. The van der Waals surface area contributed by atoms with E-state index >= 15 is 0 Å². The molecule has 0 aliphatic carbocycles. The number of carbonyl (C=O) groups is 2. The van der Waals surface area contributed by atoms with E-state index in [1.165, 1.54) is 5.56 Å². The highest BCUT2D eigenvalue weighted by atomic mass is 16.7. The highest BCUT2D eigenvalue weighted by Gasteiger charge is 2.35. The van der Waals surface area contributed by atoms with E-state index in [2.05, 4.69) is 19.1 Å². The molecule has 6 nitrogen and oxygen atoms in total. The number of nitrogens with zero attached hydrogens (tertiary/aromatic N) is 2. The summed E-state index contributed by atoms with van der Waals surface area (Å²) in [6, 6.07) is 6.10. The molecule has 3 aliphatic rings. The quantitative estimate of drug-likeness (QED) is 0.810. The topological polar surface area (TPSA) is 59.1 Å². The van der Waals surface area contributed by atoms with Crippen LogP contribution >= 0.6 is 0 Å². The smallest absolute Gasteiger partial charge is 0.231 e. The lowest BCUT2D eigenvalue weighted by atomic mass is 9.76. The maximum Gasteiger partial charge on any atom is 0.231 e. The molecule has 0 radical (unpaired) electrons. The number of benzene rings is 1. The molecule has 0 unspecified atom stereocenters. The molecule has 0 N–H and O–H groups in total. The number of piperidine rings is 1. The van der Waals surface area contributed by atoms with E-state index in [0.29, 0.717) is 25.9 Å². The van der Waals surface area contributed by atoms with E-state index in [1.807, 2.05) is 15.9 Å². The molecule has 0 bridgehead atoms. The average Bonchev–Trinajstić information content (AvgIpc) is 3.24. The Balaban J connectivity index is 1.39. The zero-order valence-corrected chi connectivity index (χ0v) is 15.3. The van der Waals surface area contributed by atoms with Crippen LogP contribution in [-0.2, 0) is 16.0 Å². The standard InChI is InChI=1S/C20H26N2O4/c1-20(12-15-4-5-16-17(11-15)26-14-25-16)7-6-19(24)22(13-20)10-9-21-8-2-3-18(21)23/h4-5,11H,2-3,6-10,12-14H2,1H3/t20-/m1/s1. The molecule has 2 amide bonds. The number of fused-ring (bicyclic) bond motifs is 1. The molecule has 1 aromatic rings. The van der Waals surface area contributed by atoms with Crippen molar-refractivity contribution >= 4 is 11.8 Å². The van der Waals surface area contributed by atoms with Crippen LogP contribution in [0.25, 0.3) is 0 Å². The normalized spacial score (nSPS) is 25.3. The summed E-state index contributed by atoms with van der Waals surface area (Å²) in [4.78, 5) is 28.0. The van der Waals surface area contributed by atoms with Gasteiger partial charge in [-0.2, -0.15) is 0 Å². The lowest BCUT2D eigenvalue weighted by molar-refractivity contribution is -0.138. The summed E-state index contributed by atoms with van der Waals surface area (Å²) < 4.78 is 10.9. The third kappa shape index (κ3) is 3.50. The summed E-state index contributed by atoms with van der Waals surface area (Å²) in [6.45, 7) is 5.40. The second kappa shape index (κ2) is 6.82. The zero-order chi connectivity index (χ0) is 18.1. The molecule has 3 heterocycles. The van der Waals surface area contributed by atoms with Crippen LogP contribution in [0.1, 0.15) is 38.2 Å². The summed E-state index contributed by atoms with van der Waals surface area (Å²) in [6.07, 6.45) is 3.95. The fourth-order valence-electron chi connectivity index (χ4n) is 4.27. The fraction of sp³-hybridized carbons (Fsp3) is 0.600. The number of hydrogen-bond acceptors (Lipinski definition) is 4. The first kappa shape index (κ1) is 17.2. The largest absolute Gasteiger partial charge is 0.454 e. The van der Waals surface area contributed by atoms with E-state index in [1.54, 1.807) is 0 Å². The molecule has 26 heavy (non-hydrogen) atoms. The van der Waals surface area contributed by atoms with Gasteiger partial charge < -0.3 is 19.3 Å². The molecule has 0 aromatic heterocycles. The first-order valence-electron chi connectivity index (χ1n) is 9.47. The highest BCUT2D eigenvalue weighted by molar-refractivity contribution is 5.79. The van der Waals surface area contributed by atoms with Crippen molar-refractivity contribution in [2.75, 3.05) is 33.0 Å². The van der Waals surface area contributed by atoms with Gasteiger partial charge >= 0.3 is 0 Å². The Bertz CT molecular complexity index is 720. The third-order valence-corrected chi connectivity index (χ3v) is 5.75. The molecule has 2 saturated heterocycles. The van der Waals surface area contributed by atoms with Crippen LogP contribution in [0.5, 0.6) is 11.5 Å². The van der Waals surface area contributed by atoms with Crippen LogP contribution in [0.15, 0.2) is 18.2 Å². The molecule has 0 saturated carbocycles. The van der Waals surface area contributed by atoms with Gasteiger partial charge in [0.2, 0.25) is 18.6 Å². The predicted octanol–water partition coefficient (Wildman–Crippen LogP) is 2.21. The minimum Gasteiger partial charge on any atom is -0.454 e. The van der Waals surface area contributed by atoms with Crippen LogP contribution in [-0.4, -0.2) is 54.6 Å². The van der Waals surface area contributed by atoms with Crippen LogP contribution < -0.4 is 9.47 Å². The van der Waals surface area contributed by atoms with Crippen molar-refractivity contribution < 1.29 is 19.1 Å². The van der Waals surface area contributed by atoms with Crippen molar-refractivity contribution in [3.8, 4) is 11.5 Å². The first-order chi connectivity index (χ1) is 12.5. The molecule has 1 atom stereocenters. The van der Waals surface area contributed by atoms with Crippen molar-refractivity contribution in [1.82, 2.24) is 9.80 Å². The summed E-state index contributed by atoms with van der Waals surface area (Å²) in [5.74, 6) is 2.04. The molecular formula is C20H26N2O4. The van der Waals surface area contributed by atoms with Crippen molar-refractivity contribution in [2.45, 2.75) is 39.0 Å². The van der Waals surface area contributed by atoms with E-state index in [0.717, 1.165) is 43.9 Å². The van der Waals surface area contributed by atoms with Gasteiger partial charge in [-0.15, -0.1) is 0 Å². The van der Waals surface area contributed by atoms with Crippen molar-refractivity contribution in [2.24, 2.45) is 5.41 Å². The molecular weight excluding hydrogens is 332 g/mol. The number of ether oxygens (including phenoxy) is 2. The van der Waals surface area contributed by atoms with Gasteiger partial charge in [0.05, 0.1) is 0 Å². The van der Waals surface area contributed by atoms with Gasteiger partial charge in [0.15, 0.2) is 11.5 Å².